The monoisotopic (exact) mass is 482 g/mol. The fourth-order valence-electron chi connectivity index (χ4n) is 4.02. The molecule has 35 heavy (non-hydrogen) atoms. The molecule has 0 aliphatic carbocycles. The molecule has 0 bridgehead atoms. The summed E-state index contributed by atoms with van der Waals surface area (Å²) >= 11 is 0. The van der Waals surface area contributed by atoms with Gasteiger partial charge < -0.3 is 29.5 Å². The van der Waals surface area contributed by atoms with Crippen LogP contribution in [-0.2, 0) is 9.59 Å². The van der Waals surface area contributed by atoms with E-state index in [4.69, 9.17) is 9.47 Å². The molecule has 1 unspecified atom stereocenters. The Balaban J connectivity index is 2.11. The molecule has 1 aliphatic heterocycles. The number of Topliss-reactive ketones (excluding diaryl/α,β-unsaturated/α-hetero) is 1. The molecule has 0 radical (unpaired) electrons. The van der Waals surface area contributed by atoms with Crippen molar-refractivity contribution in [1.29, 1.82) is 0 Å². The zero-order valence-corrected chi connectivity index (χ0v) is 21.2. The number of nitrogens with one attached hydrogen (secondary N) is 1. The minimum atomic E-state index is -0.881. The van der Waals surface area contributed by atoms with Crippen molar-refractivity contribution >= 4 is 17.4 Å². The molecule has 1 fully saturated rings. The second-order valence-corrected chi connectivity index (χ2v) is 9.55. The van der Waals surface area contributed by atoms with Crippen molar-refractivity contribution in [2.24, 2.45) is 5.92 Å². The van der Waals surface area contributed by atoms with Gasteiger partial charge in [-0.05, 0) is 53.8 Å². The molecule has 3 rings (SSSR count). The van der Waals surface area contributed by atoms with Gasteiger partial charge in [0.05, 0.1) is 46.9 Å². The maximum atomic E-state index is 13.7. The third kappa shape index (κ3) is 5.59. The van der Waals surface area contributed by atoms with Crippen LogP contribution in [-0.4, -0.2) is 62.6 Å². The number of carbonyl (C=O) groups excluding carboxylic acids is 2. The Kier molecular flexibility index (Phi) is 8.07. The van der Waals surface area contributed by atoms with Crippen LogP contribution in [0, 0.1) is 12.8 Å². The second kappa shape index (κ2) is 10.8. The first-order valence-electron chi connectivity index (χ1n) is 11.7. The number of ether oxygens (including phenoxy) is 2. The number of amides is 1. The van der Waals surface area contributed by atoms with Crippen molar-refractivity contribution in [2.75, 3.05) is 40.9 Å². The van der Waals surface area contributed by atoms with E-state index in [1.54, 1.807) is 30.3 Å². The van der Waals surface area contributed by atoms with Gasteiger partial charge in [-0.15, -0.1) is 0 Å². The van der Waals surface area contributed by atoms with Gasteiger partial charge in [0.25, 0.3) is 5.91 Å². The molecule has 1 saturated heterocycles. The number of rotatable bonds is 9. The molecule has 8 heteroatoms. The molecule has 8 nitrogen and oxygen atoms in total. The summed E-state index contributed by atoms with van der Waals surface area (Å²) in [4.78, 5) is 28.7. The summed E-state index contributed by atoms with van der Waals surface area (Å²) in [7, 11) is 5.31. The average molecular weight is 483 g/mol. The van der Waals surface area contributed by atoms with E-state index in [0.29, 0.717) is 42.5 Å². The fraction of sp³-hybridized carbons (Fsp3) is 0.407. The van der Waals surface area contributed by atoms with E-state index >= 15 is 0 Å². The number of quaternary nitrogens is 1. The van der Waals surface area contributed by atoms with Gasteiger partial charge in [-0.3, -0.25) is 9.59 Å². The molecule has 2 N–H and O–H groups in total. The second-order valence-electron chi connectivity index (χ2n) is 9.55. The van der Waals surface area contributed by atoms with E-state index in [1.165, 1.54) is 18.1 Å². The topological polar surface area (TPSA) is 104 Å². The molecule has 1 heterocycles. The van der Waals surface area contributed by atoms with E-state index < -0.39 is 23.5 Å². The molecule has 2 aromatic rings. The zero-order chi connectivity index (χ0) is 25.9. The Morgan fingerprint density at radius 3 is 2.46 bits per heavy atom. The Morgan fingerprint density at radius 1 is 1.14 bits per heavy atom. The number of nitrogens with zero attached hydrogens (tertiary/aromatic N) is 1. The number of aryl methyl sites for hydroxylation is 1. The highest BCUT2D eigenvalue weighted by Gasteiger charge is 2.44. The highest BCUT2D eigenvalue weighted by atomic mass is 16.5. The quantitative estimate of drug-likeness (QED) is 0.315. The van der Waals surface area contributed by atoms with Crippen LogP contribution in [0.1, 0.15) is 36.6 Å². The third-order valence-corrected chi connectivity index (χ3v) is 5.91. The van der Waals surface area contributed by atoms with Crippen LogP contribution < -0.4 is 19.5 Å². The number of likely N-dealkylation sites (tertiary alicyclic amines) is 1. The van der Waals surface area contributed by atoms with E-state index in [0.717, 1.165) is 10.5 Å². The van der Waals surface area contributed by atoms with Gasteiger partial charge in [-0.1, -0.05) is 31.7 Å². The van der Waals surface area contributed by atoms with Crippen molar-refractivity contribution in [3.8, 4) is 17.2 Å². The van der Waals surface area contributed by atoms with Crippen LogP contribution in [0.15, 0.2) is 42.0 Å². The molecule has 1 amide bonds. The van der Waals surface area contributed by atoms with E-state index in [1.807, 2.05) is 21.0 Å². The first-order chi connectivity index (χ1) is 16.5. The fourth-order valence-corrected chi connectivity index (χ4v) is 4.02. The van der Waals surface area contributed by atoms with Crippen molar-refractivity contribution in [3.63, 3.8) is 0 Å². The maximum absolute atomic E-state index is 13.7. The number of methoxy groups -OCH3 is 1. The number of hydrogen-bond acceptors (Lipinski definition) is 6. The SMILES string of the molecule is COc1cc(C2/C(=C(\[O-])c3ccc(OCC(C)C)c(C)c3)C(=O)C(=O)N2CC[NH+](C)C)ccc1O. The molecular weight excluding hydrogens is 448 g/mol. The summed E-state index contributed by atoms with van der Waals surface area (Å²) in [5, 5.41) is 23.7. The smallest absolute Gasteiger partial charge is 0.295 e. The highest BCUT2D eigenvalue weighted by molar-refractivity contribution is 6.46. The third-order valence-electron chi connectivity index (χ3n) is 5.91. The number of hydrogen-bond donors (Lipinski definition) is 2. The number of phenols is 1. The Hall–Kier alpha value is -3.52. The van der Waals surface area contributed by atoms with Crippen LogP contribution in [0.4, 0.5) is 0 Å². The normalized spacial score (nSPS) is 17.5. The summed E-state index contributed by atoms with van der Waals surface area (Å²) < 4.78 is 11.0. The lowest BCUT2D eigenvalue weighted by molar-refractivity contribution is -0.857. The van der Waals surface area contributed by atoms with Crippen LogP contribution in [0.25, 0.3) is 5.76 Å². The van der Waals surface area contributed by atoms with Crippen LogP contribution in [0.5, 0.6) is 17.2 Å². The van der Waals surface area contributed by atoms with Crippen molar-refractivity contribution in [1.82, 2.24) is 4.90 Å². The van der Waals surface area contributed by atoms with Crippen LogP contribution >= 0.6 is 0 Å². The molecule has 0 saturated carbocycles. The van der Waals surface area contributed by atoms with E-state index in [9.17, 15) is 19.8 Å². The molecule has 2 aromatic carbocycles. The van der Waals surface area contributed by atoms with E-state index in [-0.39, 0.29) is 17.1 Å². The van der Waals surface area contributed by atoms with Crippen LogP contribution in [0.3, 0.4) is 0 Å². The number of benzene rings is 2. The molecule has 0 aromatic heterocycles. The molecule has 188 valence electrons. The van der Waals surface area contributed by atoms with Gasteiger partial charge in [-0.2, -0.15) is 0 Å². The van der Waals surface area contributed by atoms with Crippen molar-refractivity contribution < 1.29 is 34.2 Å². The summed E-state index contributed by atoms with van der Waals surface area (Å²) in [6.07, 6.45) is 0. The first kappa shape index (κ1) is 26.1. The largest absolute Gasteiger partial charge is 0.872 e. The standard InChI is InChI=1S/C27H34N2O6/c1-16(2)15-35-21-10-8-19(13-17(21)3)25(31)23-24(18-7-9-20(30)22(14-18)34-6)29(12-11-28(4)5)27(33)26(23)32/h7-10,13-14,16,24,30-31H,11-12,15H2,1-6H3/b25-23+. The van der Waals surface area contributed by atoms with Gasteiger partial charge in [0, 0.05) is 5.57 Å². The van der Waals surface area contributed by atoms with Gasteiger partial charge in [0.2, 0.25) is 5.78 Å². The molecule has 0 spiro atoms. The summed E-state index contributed by atoms with van der Waals surface area (Å²) in [5.74, 6) is -0.869. The lowest BCUT2D eigenvalue weighted by Crippen LogP contribution is -3.06. The molecular formula is C27H34N2O6. The lowest BCUT2D eigenvalue weighted by atomic mass is 9.94. The average Bonchev–Trinajstić information content (AvgIpc) is 3.06. The Morgan fingerprint density at radius 2 is 1.86 bits per heavy atom. The predicted molar refractivity (Wildman–Crippen MR) is 130 cm³/mol. The summed E-state index contributed by atoms with van der Waals surface area (Å²) in [6.45, 7) is 7.37. The number of phenolic OH excluding ortho intramolecular Hbond substituents is 1. The van der Waals surface area contributed by atoms with Crippen LogP contribution in [0.2, 0.25) is 0 Å². The van der Waals surface area contributed by atoms with E-state index in [2.05, 4.69) is 13.8 Å². The van der Waals surface area contributed by atoms with Gasteiger partial charge >= 0.3 is 0 Å². The number of likely N-dealkylation sites (N-methyl/N-ethyl adjacent to an activating group) is 1. The Bertz CT molecular complexity index is 1140. The minimum Gasteiger partial charge on any atom is -0.872 e. The minimum absolute atomic E-state index is 0.0725. The van der Waals surface area contributed by atoms with Crippen molar-refractivity contribution in [2.45, 2.75) is 26.8 Å². The lowest BCUT2D eigenvalue weighted by Gasteiger charge is -2.28. The number of ketones is 1. The number of aromatic hydroxyl groups is 1. The molecule has 1 aliphatic rings. The highest BCUT2D eigenvalue weighted by Crippen LogP contribution is 2.41. The predicted octanol–water partition coefficient (Wildman–Crippen LogP) is 1.11. The van der Waals surface area contributed by atoms with Crippen molar-refractivity contribution in [3.05, 3.63) is 58.7 Å². The summed E-state index contributed by atoms with van der Waals surface area (Å²) in [5.41, 5.74) is 1.49. The van der Waals surface area contributed by atoms with Gasteiger partial charge in [0.15, 0.2) is 11.5 Å². The Labute approximate surface area is 206 Å². The number of carbonyl (C=O) groups is 2. The summed E-state index contributed by atoms with van der Waals surface area (Å²) in [6, 6.07) is 8.74. The first-order valence-corrected chi connectivity index (χ1v) is 11.7. The zero-order valence-electron chi connectivity index (χ0n) is 21.2. The molecule has 1 atom stereocenters. The maximum Gasteiger partial charge on any atom is 0.295 e. The van der Waals surface area contributed by atoms with Gasteiger partial charge in [0.1, 0.15) is 5.75 Å². The van der Waals surface area contributed by atoms with Gasteiger partial charge in [-0.25, -0.2) is 0 Å².